The standard InChI is InChI=1S/C20H20N4O2/c21-17-5-7-18(8-6-17)22-13-15-1-3-16(4-2-15)14-23-19-9-11-20(12-10-19)24(25)26/h1-12,22-23H,13-14,21H2. The van der Waals surface area contributed by atoms with Crippen molar-refractivity contribution in [3.8, 4) is 0 Å². The van der Waals surface area contributed by atoms with Crippen LogP contribution >= 0.6 is 0 Å². The van der Waals surface area contributed by atoms with Gasteiger partial charge in [-0.05, 0) is 47.5 Å². The lowest BCUT2D eigenvalue weighted by atomic mass is 10.1. The largest absolute Gasteiger partial charge is 0.399 e. The zero-order valence-electron chi connectivity index (χ0n) is 14.2. The Labute approximate surface area is 151 Å². The van der Waals surface area contributed by atoms with Crippen LogP contribution in [-0.2, 0) is 13.1 Å². The van der Waals surface area contributed by atoms with Gasteiger partial charge in [0.1, 0.15) is 0 Å². The molecule has 0 aliphatic carbocycles. The van der Waals surface area contributed by atoms with Crippen molar-refractivity contribution in [1.82, 2.24) is 0 Å². The summed E-state index contributed by atoms with van der Waals surface area (Å²) in [5.41, 5.74) is 10.7. The molecule has 0 unspecified atom stereocenters. The molecule has 0 atom stereocenters. The molecule has 26 heavy (non-hydrogen) atoms. The predicted molar refractivity (Wildman–Crippen MR) is 105 cm³/mol. The summed E-state index contributed by atoms with van der Waals surface area (Å²) in [7, 11) is 0. The zero-order valence-corrected chi connectivity index (χ0v) is 14.2. The number of non-ortho nitro benzene ring substituents is 1. The smallest absolute Gasteiger partial charge is 0.269 e. The molecular formula is C20H20N4O2. The van der Waals surface area contributed by atoms with Crippen molar-refractivity contribution in [2.45, 2.75) is 13.1 Å². The second-order valence-electron chi connectivity index (χ2n) is 5.95. The highest BCUT2D eigenvalue weighted by atomic mass is 16.6. The van der Waals surface area contributed by atoms with E-state index in [-0.39, 0.29) is 5.69 Å². The van der Waals surface area contributed by atoms with Crippen LogP contribution in [0.5, 0.6) is 0 Å². The van der Waals surface area contributed by atoms with E-state index in [1.54, 1.807) is 12.1 Å². The minimum Gasteiger partial charge on any atom is -0.399 e. The monoisotopic (exact) mass is 348 g/mol. The highest BCUT2D eigenvalue weighted by Gasteiger charge is 2.03. The van der Waals surface area contributed by atoms with Crippen molar-refractivity contribution < 1.29 is 4.92 Å². The van der Waals surface area contributed by atoms with Crippen LogP contribution < -0.4 is 16.4 Å². The minimum atomic E-state index is -0.402. The number of nitro groups is 1. The summed E-state index contributed by atoms with van der Waals surface area (Å²) >= 11 is 0. The molecule has 0 saturated heterocycles. The van der Waals surface area contributed by atoms with E-state index in [4.69, 9.17) is 5.73 Å². The summed E-state index contributed by atoms with van der Waals surface area (Å²) in [6, 6.07) is 22.4. The molecule has 4 N–H and O–H groups in total. The van der Waals surface area contributed by atoms with E-state index in [1.807, 2.05) is 24.3 Å². The lowest BCUT2D eigenvalue weighted by Gasteiger charge is -2.09. The summed E-state index contributed by atoms with van der Waals surface area (Å²) in [6.07, 6.45) is 0. The third-order valence-electron chi connectivity index (χ3n) is 4.01. The Balaban J connectivity index is 1.50. The summed E-state index contributed by atoms with van der Waals surface area (Å²) in [6.45, 7) is 1.39. The topological polar surface area (TPSA) is 93.2 Å². The molecule has 3 aromatic carbocycles. The fourth-order valence-electron chi connectivity index (χ4n) is 2.49. The molecule has 0 spiro atoms. The van der Waals surface area contributed by atoms with Gasteiger partial charge in [-0.25, -0.2) is 0 Å². The van der Waals surface area contributed by atoms with Gasteiger partial charge in [-0.15, -0.1) is 0 Å². The highest BCUT2D eigenvalue weighted by Crippen LogP contribution is 2.17. The Hall–Kier alpha value is -3.54. The van der Waals surface area contributed by atoms with Gasteiger partial charge in [-0.1, -0.05) is 24.3 Å². The average molecular weight is 348 g/mol. The molecule has 0 aromatic heterocycles. The summed E-state index contributed by atoms with van der Waals surface area (Å²) in [5, 5.41) is 17.3. The molecule has 0 aliphatic rings. The number of hydrogen-bond acceptors (Lipinski definition) is 5. The molecule has 6 nitrogen and oxygen atoms in total. The number of nitrogen functional groups attached to an aromatic ring is 1. The van der Waals surface area contributed by atoms with Crippen LogP contribution in [0.3, 0.4) is 0 Å². The predicted octanol–water partition coefficient (Wildman–Crippen LogP) is 4.40. The number of hydrogen-bond donors (Lipinski definition) is 3. The molecule has 0 radical (unpaired) electrons. The van der Waals surface area contributed by atoms with Crippen molar-refractivity contribution in [2.24, 2.45) is 0 Å². The minimum absolute atomic E-state index is 0.0912. The van der Waals surface area contributed by atoms with Gasteiger partial charge in [-0.2, -0.15) is 0 Å². The first-order valence-corrected chi connectivity index (χ1v) is 8.26. The molecule has 6 heteroatoms. The van der Waals surface area contributed by atoms with Crippen molar-refractivity contribution in [1.29, 1.82) is 0 Å². The van der Waals surface area contributed by atoms with Gasteiger partial charge >= 0.3 is 0 Å². The van der Waals surface area contributed by atoms with Gasteiger partial charge in [-0.3, -0.25) is 10.1 Å². The first-order chi connectivity index (χ1) is 12.6. The van der Waals surface area contributed by atoms with Gasteiger partial charge in [0.25, 0.3) is 5.69 Å². The third kappa shape index (κ3) is 4.73. The van der Waals surface area contributed by atoms with E-state index >= 15 is 0 Å². The number of rotatable bonds is 7. The van der Waals surface area contributed by atoms with Crippen molar-refractivity contribution in [2.75, 3.05) is 16.4 Å². The molecule has 0 aliphatic heterocycles. The second kappa shape index (κ2) is 8.02. The van der Waals surface area contributed by atoms with E-state index in [2.05, 4.69) is 34.9 Å². The van der Waals surface area contributed by atoms with Crippen LogP contribution in [0.15, 0.2) is 72.8 Å². The van der Waals surface area contributed by atoms with E-state index < -0.39 is 4.92 Å². The van der Waals surface area contributed by atoms with Crippen molar-refractivity contribution in [3.05, 3.63) is 94.0 Å². The molecule has 0 bridgehead atoms. The molecule has 132 valence electrons. The van der Waals surface area contributed by atoms with E-state index in [0.717, 1.165) is 29.2 Å². The first kappa shape index (κ1) is 17.3. The number of nitrogens with one attached hydrogen (secondary N) is 2. The molecule has 0 saturated carbocycles. The summed E-state index contributed by atoms with van der Waals surface area (Å²) < 4.78 is 0. The van der Waals surface area contributed by atoms with Crippen LogP contribution in [0.25, 0.3) is 0 Å². The SMILES string of the molecule is Nc1ccc(NCc2ccc(CNc3ccc([N+](=O)[O-])cc3)cc2)cc1. The fraction of sp³-hybridized carbons (Fsp3) is 0.100. The van der Waals surface area contributed by atoms with Crippen molar-refractivity contribution >= 4 is 22.7 Å². The Bertz CT molecular complexity index is 860. The number of anilines is 3. The lowest BCUT2D eigenvalue weighted by molar-refractivity contribution is -0.384. The quantitative estimate of drug-likeness (QED) is 0.334. The number of benzene rings is 3. The zero-order chi connectivity index (χ0) is 18.4. The normalized spacial score (nSPS) is 10.3. The second-order valence-corrected chi connectivity index (χ2v) is 5.95. The fourth-order valence-corrected chi connectivity index (χ4v) is 2.49. The van der Waals surface area contributed by atoms with E-state index in [1.165, 1.54) is 17.7 Å². The molecule has 3 aromatic rings. The van der Waals surface area contributed by atoms with Crippen LogP contribution in [0.1, 0.15) is 11.1 Å². The van der Waals surface area contributed by atoms with Gasteiger partial charge < -0.3 is 16.4 Å². The number of nitrogens with zero attached hydrogens (tertiary/aromatic N) is 1. The summed E-state index contributed by atoms with van der Waals surface area (Å²) in [4.78, 5) is 10.3. The van der Waals surface area contributed by atoms with Crippen LogP contribution in [0.2, 0.25) is 0 Å². The maximum atomic E-state index is 10.7. The Morgan fingerprint density at radius 1 is 0.731 bits per heavy atom. The van der Waals surface area contributed by atoms with Gasteiger partial charge in [0, 0.05) is 42.3 Å². The Kier molecular flexibility index (Phi) is 5.34. The molecular weight excluding hydrogens is 328 g/mol. The average Bonchev–Trinajstić information content (AvgIpc) is 2.67. The van der Waals surface area contributed by atoms with Crippen LogP contribution in [0, 0.1) is 10.1 Å². The number of nitro benzene ring substituents is 1. The van der Waals surface area contributed by atoms with Gasteiger partial charge in [0.05, 0.1) is 4.92 Å². The Morgan fingerprint density at radius 2 is 1.15 bits per heavy atom. The Morgan fingerprint density at radius 3 is 1.58 bits per heavy atom. The highest BCUT2D eigenvalue weighted by molar-refractivity contribution is 5.51. The van der Waals surface area contributed by atoms with E-state index in [0.29, 0.717) is 6.54 Å². The maximum Gasteiger partial charge on any atom is 0.269 e. The van der Waals surface area contributed by atoms with E-state index in [9.17, 15) is 10.1 Å². The van der Waals surface area contributed by atoms with Gasteiger partial charge in [0.15, 0.2) is 0 Å². The maximum absolute atomic E-state index is 10.7. The molecule has 3 rings (SSSR count). The van der Waals surface area contributed by atoms with Crippen LogP contribution in [0.4, 0.5) is 22.7 Å². The first-order valence-electron chi connectivity index (χ1n) is 8.26. The number of nitrogens with two attached hydrogens (primary N) is 1. The van der Waals surface area contributed by atoms with Crippen LogP contribution in [-0.4, -0.2) is 4.92 Å². The molecule has 0 amide bonds. The molecule has 0 heterocycles. The van der Waals surface area contributed by atoms with Gasteiger partial charge in [0.2, 0.25) is 0 Å². The molecule has 0 fully saturated rings. The third-order valence-corrected chi connectivity index (χ3v) is 4.01. The van der Waals surface area contributed by atoms with Crippen molar-refractivity contribution in [3.63, 3.8) is 0 Å². The summed E-state index contributed by atoms with van der Waals surface area (Å²) in [5.74, 6) is 0. The lowest BCUT2D eigenvalue weighted by Crippen LogP contribution is -2.02.